The zero-order chi connectivity index (χ0) is 15.5. The molecule has 0 unspecified atom stereocenters. The summed E-state index contributed by atoms with van der Waals surface area (Å²) in [5, 5.41) is 0. The molecule has 6 heteroatoms. The monoisotopic (exact) mass is 313 g/mol. The summed E-state index contributed by atoms with van der Waals surface area (Å²) in [5.74, 6) is -0.254. The fourth-order valence-corrected chi connectivity index (χ4v) is 2.29. The van der Waals surface area contributed by atoms with Gasteiger partial charge in [-0.3, -0.25) is 0 Å². The van der Waals surface area contributed by atoms with Crippen molar-refractivity contribution >= 4 is 11.8 Å². The molecule has 2 rings (SSSR count). The van der Waals surface area contributed by atoms with E-state index in [0.717, 1.165) is 16.0 Å². The summed E-state index contributed by atoms with van der Waals surface area (Å²) in [6.45, 7) is 0. The molecule has 0 bridgehead atoms. The average molecular weight is 313 g/mol. The van der Waals surface area contributed by atoms with Crippen LogP contribution in [0.15, 0.2) is 53.4 Å². The maximum atomic E-state index is 12.1. The number of halogens is 3. The molecule has 1 atom stereocenters. The first-order chi connectivity index (χ1) is 9.89. The SMILES string of the molecule is CSc1ccc([C@H](N)c2ccc(OC(F)(F)F)cc2)cc1. The van der Waals surface area contributed by atoms with E-state index in [0.29, 0.717) is 0 Å². The number of alkyl halides is 3. The molecule has 0 fully saturated rings. The molecule has 0 aliphatic heterocycles. The van der Waals surface area contributed by atoms with Gasteiger partial charge < -0.3 is 10.5 Å². The van der Waals surface area contributed by atoms with E-state index in [1.807, 2.05) is 30.5 Å². The van der Waals surface area contributed by atoms with E-state index in [-0.39, 0.29) is 11.8 Å². The lowest BCUT2D eigenvalue weighted by Gasteiger charge is -2.14. The molecule has 0 aliphatic rings. The normalized spacial score (nSPS) is 13.0. The van der Waals surface area contributed by atoms with Gasteiger partial charge in [0.15, 0.2) is 0 Å². The van der Waals surface area contributed by atoms with E-state index < -0.39 is 6.36 Å². The number of benzene rings is 2. The molecule has 0 amide bonds. The fraction of sp³-hybridized carbons (Fsp3) is 0.200. The van der Waals surface area contributed by atoms with Crippen LogP contribution in [0.25, 0.3) is 0 Å². The zero-order valence-corrected chi connectivity index (χ0v) is 12.0. The number of hydrogen-bond donors (Lipinski definition) is 1. The van der Waals surface area contributed by atoms with E-state index in [1.165, 1.54) is 24.3 Å². The minimum atomic E-state index is -4.68. The topological polar surface area (TPSA) is 35.2 Å². The average Bonchev–Trinajstić information content (AvgIpc) is 2.46. The van der Waals surface area contributed by atoms with Gasteiger partial charge in [-0.25, -0.2) is 0 Å². The smallest absolute Gasteiger partial charge is 0.406 e. The summed E-state index contributed by atoms with van der Waals surface area (Å²) in [6, 6.07) is 13.0. The van der Waals surface area contributed by atoms with Gasteiger partial charge in [-0.2, -0.15) is 0 Å². The van der Waals surface area contributed by atoms with Gasteiger partial charge in [0.1, 0.15) is 5.75 Å². The van der Waals surface area contributed by atoms with Crippen LogP contribution in [0.5, 0.6) is 5.75 Å². The Balaban J connectivity index is 2.13. The lowest BCUT2D eigenvalue weighted by molar-refractivity contribution is -0.274. The number of thioether (sulfide) groups is 1. The summed E-state index contributed by atoms with van der Waals surface area (Å²) >= 11 is 1.63. The van der Waals surface area contributed by atoms with Crippen LogP contribution in [-0.4, -0.2) is 12.6 Å². The Morgan fingerprint density at radius 3 is 1.86 bits per heavy atom. The van der Waals surface area contributed by atoms with Crippen molar-refractivity contribution in [2.75, 3.05) is 6.26 Å². The molecule has 112 valence electrons. The summed E-state index contributed by atoms with van der Waals surface area (Å²) in [7, 11) is 0. The number of rotatable bonds is 4. The molecule has 0 heterocycles. The van der Waals surface area contributed by atoms with Crippen LogP contribution in [-0.2, 0) is 0 Å². The van der Waals surface area contributed by atoms with E-state index in [4.69, 9.17) is 5.73 Å². The highest BCUT2D eigenvalue weighted by atomic mass is 32.2. The second-order valence-corrected chi connectivity index (χ2v) is 5.25. The Bertz CT molecular complexity index is 581. The molecule has 0 saturated heterocycles. The zero-order valence-electron chi connectivity index (χ0n) is 11.2. The first-order valence-corrected chi connectivity index (χ1v) is 7.37. The van der Waals surface area contributed by atoms with Gasteiger partial charge in [-0.1, -0.05) is 24.3 Å². The van der Waals surface area contributed by atoms with E-state index in [2.05, 4.69) is 4.74 Å². The molecule has 2 nitrogen and oxygen atoms in total. The van der Waals surface area contributed by atoms with Crippen molar-refractivity contribution in [1.82, 2.24) is 0 Å². The van der Waals surface area contributed by atoms with Gasteiger partial charge in [0.05, 0.1) is 6.04 Å². The van der Waals surface area contributed by atoms with Crippen LogP contribution in [0.2, 0.25) is 0 Å². The highest BCUT2D eigenvalue weighted by molar-refractivity contribution is 7.98. The Labute approximate surface area is 125 Å². The molecule has 0 radical (unpaired) electrons. The van der Waals surface area contributed by atoms with Gasteiger partial charge in [-0.15, -0.1) is 24.9 Å². The molecule has 21 heavy (non-hydrogen) atoms. The van der Waals surface area contributed by atoms with Crippen LogP contribution < -0.4 is 10.5 Å². The predicted molar refractivity (Wildman–Crippen MR) is 77.4 cm³/mol. The van der Waals surface area contributed by atoms with Crippen LogP contribution in [0, 0.1) is 0 Å². The van der Waals surface area contributed by atoms with Gasteiger partial charge in [0, 0.05) is 4.90 Å². The molecular weight excluding hydrogens is 299 g/mol. The van der Waals surface area contributed by atoms with Gasteiger partial charge in [0.2, 0.25) is 0 Å². The van der Waals surface area contributed by atoms with Crippen LogP contribution in [0.4, 0.5) is 13.2 Å². The largest absolute Gasteiger partial charge is 0.573 e. The third-order valence-electron chi connectivity index (χ3n) is 2.95. The summed E-state index contributed by atoms with van der Waals surface area (Å²) in [5.41, 5.74) is 7.74. The molecular formula is C15H14F3NOS. The maximum Gasteiger partial charge on any atom is 0.573 e. The highest BCUT2D eigenvalue weighted by Gasteiger charge is 2.31. The van der Waals surface area contributed by atoms with Gasteiger partial charge >= 0.3 is 6.36 Å². The third kappa shape index (κ3) is 4.41. The van der Waals surface area contributed by atoms with Crippen LogP contribution in [0.1, 0.15) is 17.2 Å². The second kappa shape index (κ2) is 6.41. The van der Waals surface area contributed by atoms with Crippen molar-refractivity contribution in [1.29, 1.82) is 0 Å². The van der Waals surface area contributed by atoms with E-state index in [1.54, 1.807) is 11.8 Å². The van der Waals surface area contributed by atoms with Gasteiger partial charge in [0.25, 0.3) is 0 Å². The predicted octanol–water partition coefficient (Wildman–Crippen LogP) is 4.36. The third-order valence-corrected chi connectivity index (χ3v) is 3.69. The molecule has 2 N–H and O–H groups in total. The summed E-state index contributed by atoms with van der Waals surface area (Å²) in [4.78, 5) is 1.12. The van der Waals surface area contributed by atoms with Crippen molar-refractivity contribution in [3.05, 3.63) is 59.7 Å². The summed E-state index contributed by atoms with van der Waals surface area (Å²) < 4.78 is 40.1. The minimum Gasteiger partial charge on any atom is -0.406 e. The fourth-order valence-electron chi connectivity index (χ4n) is 1.88. The van der Waals surface area contributed by atoms with Gasteiger partial charge in [-0.05, 0) is 41.6 Å². The Morgan fingerprint density at radius 2 is 1.43 bits per heavy atom. The van der Waals surface area contributed by atoms with Crippen molar-refractivity contribution in [2.24, 2.45) is 5.73 Å². The van der Waals surface area contributed by atoms with E-state index in [9.17, 15) is 13.2 Å². The van der Waals surface area contributed by atoms with Crippen molar-refractivity contribution in [3.8, 4) is 5.75 Å². The Hall–Kier alpha value is -1.66. The van der Waals surface area contributed by atoms with E-state index >= 15 is 0 Å². The number of nitrogens with two attached hydrogens (primary N) is 1. The molecule has 0 aromatic heterocycles. The van der Waals surface area contributed by atoms with Crippen molar-refractivity contribution in [2.45, 2.75) is 17.3 Å². The molecule has 0 aliphatic carbocycles. The summed E-state index contributed by atoms with van der Waals surface area (Å²) in [6.07, 6.45) is -2.70. The molecule has 2 aromatic carbocycles. The first kappa shape index (κ1) is 15.7. The second-order valence-electron chi connectivity index (χ2n) is 4.37. The number of ether oxygens (including phenoxy) is 1. The minimum absolute atomic E-state index is 0.254. The highest BCUT2D eigenvalue weighted by Crippen LogP contribution is 2.26. The maximum absolute atomic E-state index is 12.1. The quantitative estimate of drug-likeness (QED) is 0.852. The standard InChI is InChI=1S/C15H14F3NOS/c1-21-13-8-4-11(5-9-13)14(19)10-2-6-12(7-3-10)20-15(16,17)18/h2-9,14H,19H2,1H3/t14-/m1/s1. The van der Waals surface area contributed by atoms with Crippen molar-refractivity contribution in [3.63, 3.8) is 0 Å². The first-order valence-electron chi connectivity index (χ1n) is 6.14. The Kier molecular flexibility index (Phi) is 4.80. The van der Waals surface area contributed by atoms with Crippen molar-refractivity contribution < 1.29 is 17.9 Å². The Morgan fingerprint density at radius 1 is 0.952 bits per heavy atom. The molecule has 0 saturated carbocycles. The number of hydrogen-bond acceptors (Lipinski definition) is 3. The van der Waals surface area contributed by atoms with Crippen LogP contribution in [0.3, 0.4) is 0 Å². The molecule has 2 aromatic rings. The molecule has 0 spiro atoms. The lowest BCUT2D eigenvalue weighted by atomic mass is 10.00. The lowest BCUT2D eigenvalue weighted by Crippen LogP contribution is -2.17. The van der Waals surface area contributed by atoms with Crippen LogP contribution >= 0.6 is 11.8 Å².